The Bertz CT molecular complexity index is 442. The minimum absolute atomic E-state index is 0.105. The molecule has 4 nitrogen and oxygen atoms in total. The highest BCUT2D eigenvalue weighted by atomic mass is 16.4. The molecule has 1 aliphatic rings. The SMILES string of the molecule is CCN1CC(C(=O)O)C(c2ccc(N(C)C)cc2)C1. The number of carboxylic acid groups (broad SMARTS) is 1. The van der Waals surface area contributed by atoms with Gasteiger partial charge in [0, 0.05) is 38.8 Å². The lowest BCUT2D eigenvalue weighted by Gasteiger charge is -2.17. The average Bonchev–Trinajstić information content (AvgIpc) is 2.83. The van der Waals surface area contributed by atoms with Crippen molar-refractivity contribution < 1.29 is 9.90 Å². The predicted molar refractivity (Wildman–Crippen MR) is 76.7 cm³/mol. The molecular formula is C15H22N2O2. The fourth-order valence-corrected chi connectivity index (χ4v) is 2.75. The largest absolute Gasteiger partial charge is 0.481 e. The Hall–Kier alpha value is -1.55. The zero-order chi connectivity index (χ0) is 14.0. The minimum Gasteiger partial charge on any atom is -0.481 e. The Kier molecular flexibility index (Phi) is 4.10. The second-order valence-corrected chi connectivity index (χ2v) is 5.39. The Morgan fingerprint density at radius 3 is 2.42 bits per heavy atom. The topological polar surface area (TPSA) is 43.8 Å². The van der Waals surface area contributed by atoms with Crippen molar-refractivity contribution in [2.24, 2.45) is 5.92 Å². The van der Waals surface area contributed by atoms with E-state index in [0.29, 0.717) is 6.54 Å². The normalized spacial score (nSPS) is 23.5. The smallest absolute Gasteiger partial charge is 0.308 e. The van der Waals surface area contributed by atoms with E-state index in [0.717, 1.165) is 24.3 Å². The van der Waals surface area contributed by atoms with Crippen molar-refractivity contribution in [1.29, 1.82) is 0 Å². The first kappa shape index (κ1) is 13.9. The lowest BCUT2D eigenvalue weighted by Crippen LogP contribution is -2.23. The number of anilines is 1. The number of likely N-dealkylation sites (tertiary alicyclic amines) is 1. The Morgan fingerprint density at radius 1 is 1.32 bits per heavy atom. The zero-order valence-corrected chi connectivity index (χ0v) is 11.8. The summed E-state index contributed by atoms with van der Waals surface area (Å²) in [6.07, 6.45) is 0. The highest BCUT2D eigenvalue weighted by Crippen LogP contribution is 2.33. The number of carbonyl (C=O) groups is 1. The van der Waals surface area contributed by atoms with Gasteiger partial charge in [-0.1, -0.05) is 19.1 Å². The van der Waals surface area contributed by atoms with Gasteiger partial charge in [-0.15, -0.1) is 0 Å². The molecule has 0 radical (unpaired) electrons. The lowest BCUT2D eigenvalue weighted by atomic mass is 9.89. The summed E-state index contributed by atoms with van der Waals surface area (Å²) in [5, 5.41) is 9.37. The van der Waals surface area contributed by atoms with Gasteiger partial charge in [0.25, 0.3) is 0 Å². The van der Waals surface area contributed by atoms with Gasteiger partial charge in [0.05, 0.1) is 5.92 Å². The molecule has 104 valence electrons. The summed E-state index contributed by atoms with van der Waals surface area (Å²) < 4.78 is 0. The van der Waals surface area contributed by atoms with E-state index < -0.39 is 5.97 Å². The van der Waals surface area contributed by atoms with Crippen LogP contribution in [-0.2, 0) is 4.79 Å². The van der Waals surface area contributed by atoms with Crippen LogP contribution in [0.15, 0.2) is 24.3 Å². The van der Waals surface area contributed by atoms with Gasteiger partial charge in [-0.3, -0.25) is 4.79 Å². The van der Waals surface area contributed by atoms with Crippen LogP contribution in [0.4, 0.5) is 5.69 Å². The van der Waals surface area contributed by atoms with Crippen molar-refractivity contribution in [3.63, 3.8) is 0 Å². The van der Waals surface area contributed by atoms with E-state index in [-0.39, 0.29) is 11.8 Å². The van der Waals surface area contributed by atoms with Gasteiger partial charge in [0.15, 0.2) is 0 Å². The molecule has 19 heavy (non-hydrogen) atoms. The maximum atomic E-state index is 11.4. The molecule has 1 N–H and O–H groups in total. The molecule has 1 saturated heterocycles. The van der Waals surface area contributed by atoms with Crippen molar-refractivity contribution in [3.8, 4) is 0 Å². The third kappa shape index (κ3) is 2.89. The van der Waals surface area contributed by atoms with Crippen molar-refractivity contribution in [2.75, 3.05) is 38.6 Å². The molecule has 0 aromatic heterocycles. The van der Waals surface area contributed by atoms with Gasteiger partial charge in [0.2, 0.25) is 0 Å². The van der Waals surface area contributed by atoms with Crippen LogP contribution in [0.5, 0.6) is 0 Å². The van der Waals surface area contributed by atoms with Crippen LogP contribution >= 0.6 is 0 Å². The van der Waals surface area contributed by atoms with E-state index in [1.54, 1.807) is 0 Å². The quantitative estimate of drug-likeness (QED) is 0.899. The summed E-state index contributed by atoms with van der Waals surface area (Å²) in [6.45, 7) is 4.49. The van der Waals surface area contributed by atoms with E-state index in [1.807, 2.05) is 19.0 Å². The third-order valence-electron chi connectivity index (χ3n) is 4.00. The van der Waals surface area contributed by atoms with Gasteiger partial charge < -0.3 is 14.9 Å². The van der Waals surface area contributed by atoms with E-state index in [2.05, 4.69) is 36.1 Å². The number of hydrogen-bond donors (Lipinski definition) is 1. The number of carboxylic acids is 1. The molecule has 1 aliphatic heterocycles. The molecule has 0 saturated carbocycles. The predicted octanol–water partition coefficient (Wildman–Crippen LogP) is 1.87. The fourth-order valence-electron chi connectivity index (χ4n) is 2.75. The molecule has 1 heterocycles. The summed E-state index contributed by atoms with van der Waals surface area (Å²) in [5.41, 5.74) is 2.27. The molecule has 0 aliphatic carbocycles. The Labute approximate surface area is 114 Å². The summed E-state index contributed by atoms with van der Waals surface area (Å²) >= 11 is 0. The van der Waals surface area contributed by atoms with E-state index in [9.17, 15) is 9.90 Å². The second kappa shape index (κ2) is 5.61. The summed E-state index contributed by atoms with van der Waals surface area (Å²) in [7, 11) is 4.01. The van der Waals surface area contributed by atoms with E-state index >= 15 is 0 Å². The maximum Gasteiger partial charge on any atom is 0.308 e. The van der Waals surface area contributed by atoms with Crippen LogP contribution in [-0.4, -0.2) is 49.7 Å². The molecular weight excluding hydrogens is 240 g/mol. The standard InChI is InChI=1S/C15H22N2O2/c1-4-17-9-13(14(10-17)15(18)19)11-5-7-12(8-6-11)16(2)3/h5-8,13-14H,4,9-10H2,1-3H3,(H,18,19). The van der Waals surface area contributed by atoms with Crippen LogP contribution in [0.3, 0.4) is 0 Å². The molecule has 0 bridgehead atoms. The second-order valence-electron chi connectivity index (χ2n) is 5.39. The highest BCUT2D eigenvalue weighted by molar-refractivity contribution is 5.72. The molecule has 2 atom stereocenters. The molecule has 1 fully saturated rings. The lowest BCUT2D eigenvalue weighted by molar-refractivity contribution is -0.141. The van der Waals surface area contributed by atoms with E-state index in [4.69, 9.17) is 0 Å². The third-order valence-corrected chi connectivity index (χ3v) is 4.00. The molecule has 1 aromatic rings. The van der Waals surface area contributed by atoms with Crippen LogP contribution in [0.2, 0.25) is 0 Å². The molecule has 2 unspecified atom stereocenters. The van der Waals surface area contributed by atoms with Gasteiger partial charge >= 0.3 is 5.97 Å². The monoisotopic (exact) mass is 262 g/mol. The number of likely N-dealkylation sites (N-methyl/N-ethyl adjacent to an activating group) is 1. The molecule has 0 spiro atoms. The highest BCUT2D eigenvalue weighted by Gasteiger charge is 2.37. The van der Waals surface area contributed by atoms with Gasteiger partial charge in [-0.25, -0.2) is 0 Å². The molecule has 2 rings (SSSR count). The number of aliphatic carboxylic acids is 1. The number of rotatable bonds is 4. The van der Waals surface area contributed by atoms with Crippen LogP contribution in [0, 0.1) is 5.92 Å². The first-order valence-electron chi connectivity index (χ1n) is 6.75. The number of nitrogens with zero attached hydrogens (tertiary/aromatic N) is 2. The average molecular weight is 262 g/mol. The summed E-state index contributed by atoms with van der Waals surface area (Å²) in [4.78, 5) is 15.6. The van der Waals surface area contributed by atoms with Crippen LogP contribution in [0.1, 0.15) is 18.4 Å². The first-order valence-corrected chi connectivity index (χ1v) is 6.75. The number of benzene rings is 1. The molecule has 1 aromatic carbocycles. The van der Waals surface area contributed by atoms with Crippen molar-refractivity contribution in [1.82, 2.24) is 4.90 Å². The van der Waals surface area contributed by atoms with Gasteiger partial charge in [-0.2, -0.15) is 0 Å². The zero-order valence-electron chi connectivity index (χ0n) is 11.8. The maximum absolute atomic E-state index is 11.4. The van der Waals surface area contributed by atoms with Crippen molar-refractivity contribution in [3.05, 3.63) is 29.8 Å². The van der Waals surface area contributed by atoms with Crippen molar-refractivity contribution in [2.45, 2.75) is 12.8 Å². The Balaban J connectivity index is 2.21. The van der Waals surface area contributed by atoms with Crippen LogP contribution < -0.4 is 4.90 Å². The summed E-state index contributed by atoms with van der Waals surface area (Å²) in [6, 6.07) is 8.25. The molecule has 0 amide bonds. The van der Waals surface area contributed by atoms with Crippen molar-refractivity contribution >= 4 is 11.7 Å². The fraction of sp³-hybridized carbons (Fsp3) is 0.533. The van der Waals surface area contributed by atoms with E-state index in [1.165, 1.54) is 0 Å². The first-order chi connectivity index (χ1) is 9.02. The minimum atomic E-state index is -0.683. The van der Waals surface area contributed by atoms with Gasteiger partial charge in [-0.05, 0) is 24.2 Å². The number of hydrogen-bond acceptors (Lipinski definition) is 3. The van der Waals surface area contributed by atoms with Gasteiger partial charge in [0.1, 0.15) is 0 Å². The molecule has 4 heteroatoms. The van der Waals surface area contributed by atoms with Crippen LogP contribution in [0.25, 0.3) is 0 Å². The Morgan fingerprint density at radius 2 is 1.95 bits per heavy atom. The summed E-state index contributed by atoms with van der Waals surface area (Å²) in [5.74, 6) is -0.864.